The molecule has 0 saturated carbocycles. The number of anilines is 1. The molecular formula is C25H26Cl2N4O2. The van der Waals surface area contributed by atoms with Crippen molar-refractivity contribution in [3.05, 3.63) is 70.3 Å². The monoisotopic (exact) mass is 484 g/mol. The standard InChI is InChI=1S/C25H26Cl2N4O2/c26-22-6-5-18(15-23(22)27)30-9-10-31(19(17-30)16-29-11-13-33-14-12-29)25(32)21-7-8-28-24-4-2-1-3-20(21)24/h1-8,15,19H,9-14,16-17H2. The molecule has 0 bridgehead atoms. The summed E-state index contributed by atoms with van der Waals surface area (Å²) in [5, 5.41) is 1.98. The molecular weight excluding hydrogens is 459 g/mol. The molecule has 2 aliphatic heterocycles. The molecule has 1 aromatic heterocycles. The van der Waals surface area contributed by atoms with E-state index >= 15 is 0 Å². The van der Waals surface area contributed by atoms with Gasteiger partial charge in [0, 0.05) is 56.5 Å². The molecule has 2 saturated heterocycles. The van der Waals surface area contributed by atoms with E-state index in [1.807, 2.05) is 53.4 Å². The van der Waals surface area contributed by atoms with E-state index in [1.165, 1.54) is 0 Å². The lowest BCUT2D eigenvalue weighted by atomic mass is 10.0. The topological polar surface area (TPSA) is 48.9 Å². The molecule has 2 aromatic carbocycles. The first kappa shape index (κ1) is 22.4. The number of pyridine rings is 1. The first-order valence-electron chi connectivity index (χ1n) is 11.2. The summed E-state index contributed by atoms with van der Waals surface area (Å²) in [5.41, 5.74) is 2.57. The number of amides is 1. The van der Waals surface area contributed by atoms with Gasteiger partial charge in [-0.1, -0.05) is 41.4 Å². The van der Waals surface area contributed by atoms with Gasteiger partial charge in [-0.05, 0) is 30.3 Å². The predicted octanol–water partition coefficient (Wildman–Crippen LogP) is 4.20. The summed E-state index contributed by atoms with van der Waals surface area (Å²) in [5.74, 6) is 0.0562. The third-order valence-corrected chi connectivity index (χ3v) is 7.20. The quantitative estimate of drug-likeness (QED) is 0.555. The van der Waals surface area contributed by atoms with Gasteiger partial charge in [0.1, 0.15) is 0 Å². The fourth-order valence-corrected chi connectivity index (χ4v) is 5.01. The second-order valence-electron chi connectivity index (χ2n) is 8.49. The molecule has 0 spiro atoms. The molecule has 2 aliphatic rings. The number of benzene rings is 2. The summed E-state index contributed by atoms with van der Waals surface area (Å²) < 4.78 is 5.53. The molecule has 2 fully saturated rings. The number of morpholine rings is 1. The molecule has 0 radical (unpaired) electrons. The third kappa shape index (κ3) is 4.80. The smallest absolute Gasteiger partial charge is 0.255 e. The maximum atomic E-state index is 13.8. The Balaban J connectivity index is 1.43. The van der Waals surface area contributed by atoms with Crippen LogP contribution >= 0.6 is 23.2 Å². The van der Waals surface area contributed by atoms with Crippen LogP contribution in [-0.4, -0.2) is 79.2 Å². The fourth-order valence-electron chi connectivity index (χ4n) is 4.71. The summed E-state index contributed by atoms with van der Waals surface area (Å²) in [7, 11) is 0. The Morgan fingerprint density at radius 1 is 1.00 bits per heavy atom. The first-order chi connectivity index (χ1) is 16.1. The van der Waals surface area contributed by atoms with E-state index in [9.17, 15) is 4.79 Å². The van der Waals surface area contributed by atoms with Crippen LogP contribution in [-0.2, 0) is 4.74 Å². The van der Waals surface area contributed by atoms with Gasteiger partial charge in [0.25, 0.3) is 5.91 Å². The molecule has 6 nitrogen and oxygen atoms in total. The number of halogens is 2. The number of ether oxygens (including phenoxy) is 1. The van der Waals surface area contributed by atoms with Crippen molar-refractivity contribution in [3.63, 3.8) is 0 Å². The summed E-state index contributed by atoms with van der Waals surface area (Å²) in [6.07, 6.45) is 1.72. The lowest BCUT2D eigenvalue weighted by Gasteiger charge is -2.44. The largest absolute Gasteiger partial charge is 0.379 e. The van der Waals surface area contributed by atoms with Crippen LogP contribution in [0.1, 0.15) is 10.4 Å². The van der Waals surface area contributed by atoms with Gasteiger partial charge in [-0.25, -0.2) is 0 Å². The molecule has 1 atom stereocenters. The Hall–Kier alpha value is -2.38. The normalized spacial score (nSPS) is 19.8. The Labute approximate surface area is 203 Å². The van der Waals surface area contributed by atoms with Crippen molar-refractivity contribution in [2.24, 2.45) is 0 Å². The van der Waals surface area contributed by atoms with Crippen LogP contribution < -0.4 is 4.90 Å². The number of piperazine rings is 1. The average Bonchev–Trinajstić information content (AvgIpc) is 2.85. The number of rotatable bonds is 4. The third-order valence-electron chi connectivity index (χ3n) is 6.46. The highest BCUT2D eigenvalue weighted by Crippen LogP contribution is 2.29. The number of para-hydroxylation sites is 1. The van der Waals surface area contributed by atoms with Crippen molar-refractivity contribution in [2.75, 3.05) is 57.4 Å². The molecule has 0 N–H and O–H groups in total. The number of carbonyl (C=O) groups is 1. The molecule has 33 heavy (non-hydrogen) atoms. The summed E-state index contributed by atoms with van der Waals surface area (Å²) in [6.45, 7) is 6.10. The van der Waals surface area contributed by atoms with Crippen LogP contribution in [0, 0.1) is 0 Å². The van der Waals surface area contributed by atoms with Crippen molar-refractivity contribution >= 4 is 45.7 Å². The van der Waals surface area contributed by atoms with Crippen molar-refractivity contribution < 1.29 is 9.53 Å². The van der Waals surface area contributed by atoms with E-state index in [4.69, 9.17) is 27.9 Å². The average molecular weight is 485 g/mol. The summed E-state index contributed by atoms with van der Waals surface area (Å²) >= 11 is 12.4. The number of nitrogens with zero attached hydrogens (tertiary/aromatic N) is 4. The zero-order chi connectivity index (χ0) is 22.8. The van der Waals surface area contributed by atoms with Gasteiger partial charge in [0.15, 0.2) is 0 Å². The van der Waals surface area contributed by atoms with E-state index in [-0.39, 0.29) is 11.9 Å². The zero-order valence-electron chi connectivity index (χ0n) is 18.3. The summed E-state index contributed by atoms with van der Waals surface area (Å²) in [6, 6.07) is 15.4. The van der Waals surface area contributed by atoms with Gasteiger partial charge in [-0.15, -0.1) is 0 Å². The van der Waals surface area contributed by atoms with Gasteiger partial charge in [0.2, 0.25) is 0 Å². The lowest BCUT2D eigenvalue weighted by Crippen LogP contribution is -2.59. The van der Waals surface area contributed by atoms with Crippen molar-refractivity contribution in [1.29, 1.82) is 0 Å². The summed E-state index contributed by atoms with van der Waals surface area (Å²) in [4.78, 5) is 24.9. The van der Waals surface area contributed by atoms with Crippen molar-refractivity contribution in [2.45, 2.75) is 6.04 Å². The van der Waals surface area contributed by atoms with E-state index in [2.05, 4.69) is 14.8 Å². The minimum atomic E-state index is 0.0331. The van der Waals surface area contributed by atoms with Crippen LogP contribution in [0.25, 0.3) is 10.9 Å². The van der Waals surface area contributed by atoms with Gasteiger partial charge in [-0.2, -0.15) is 0 Å². The SMILES string of the molecule is O=C(c1ccnc2ccccc12)N1CCN(c2ccc(Cl)c(Cl)c2)CC1CN1CCOCC1. The molecule has 1 amide bonds. The highest BCUT2D eigenvalue weighted by atomic mass is 35.5. The van der Waals surface area contributed by atoms with Gasteiger partial charge in [-0.3, -0.25) is 14.7 Å². The number of carbonyl (C=O) groups excluding carboxylic acids is 1. The maximum absolute atomic E-state index is 13.8. The highest BCUT2D eigenvalue weighted by Gasteiger charge is 2.33. The maximum Gasteiger partial charge on any atom is 0.255 e. The Morgan fingerprint density at radius 2 is 1.82 bits per heavy atom. The molecule has 3 heterocycles. The molecule has 0 aliphatic carbocycles. The predicted molar refractivity (Wildman–Crippen MR) is 133 cm³/mol. The highest BCUT2D eigenvalue weighted by molar-refractivity contribution is 6.42. The number of fused-ring (bicyclic) bond motifs is 1. The minimum absolute atomic E-state index is 0.0331. The molecule has 172 valence electrons. The number of aromatic nitrogens is 1. The molecule has 5 rings (SSSR count). The van der Waals surface area contributed by atoms with Crippen molar-refractivity contribution in [3.8, 4) is 0 Å². The fraction of sp³-hybridized carbons (Fsp3) is 0.360. The van der Waals surface area contributed by atoms with Crippen LogP contribution in [0.15, 0.2) is 54.7 Å². The van der Waals surface area contributed by atoms with Crippen LogP contribution in [0.3, 0.4) is 0 Å². The van der Waals surface area contributed by atoms with E-state index in [1.54, 1.807) is 6.20 Å². The second-order valence-corrected chi connectivity index (χ2v) is 9.30. The van der Waals surface area contributed by atoms with E-state index < -0.39 is 0 Å². The van der Waals surface area contributed by atoms with Crippen LogP contribution in [0.4, 0.5) is 5.69 Å². The van der Waals surface area contributed by atoms with Crippen LogP contribution in [0.5, 0.6) is 0 Å². The van der Waals surface area contributed by atoms with Gasteiger partial charge in [0.05, 0.1) is 40.4 Å². The first-order valence-corrected chi connectivity index (χ1v) is 12.0. The Kier molecular flexibility index (Phi) is 6.69. The van der Waals surface area contributed by atoms with E-state index in [0.29, 0.717) is 22.2 Å². The van der Waals surface area contributed by atoms with Gasteiger partial charge >= 0.3 is 0 Å². The number of hydrogen-bond donors (Lipinski definition) is 0. The molecule has 3 aromatic rings. The Bertz CT molecular complexity index is 1150. The minimum Gasteiger partial charge on any atom is -0.379 e. The van der Waals surface area contributed by atoms with Crippen molar-refractivity contribution in [1.82, 2.24) is 14.8 Å². The van der Waals surface area contributed by atoms with Gasteiger partial charge < -0.3 is 14.5 Å². The lowest BCUT2D eigenvalue weighted by molar-refractivity contribution is 0.0204. The second kappa shape index (κ2) is 9.85. The molecule has 1 unspecified atom stereocenters. The van der Waals surface area contributed by atoms with Crippen LogP contribution in [0.2, 0.25) is 10.0 Å². The number of hydrogen-bond acceptors (Lipinski definition) is 5. The zero-order valence-corrected chi connectivity index (χ0v) is 19.8. The molecule has 8 heteroatoms. The van der Waals surface area contributed by atoms with E-state index in [0.717, 1.165) is 62.5 Å². The Morgan fingerprint density at radius 3 is 2.64 bits per heavy atom.